The van der Waals surface area contributed by atoms with Gasteiger partial charge in [0.05, 0.1) is 4.92 Å². The Balaban J connectivity index is 3.08. The molecule has 1 aromatic rings. The van der Waals surface area contributed by atoms with Gasteiger partial charge in [0.25, 0.3) is 0 Å². The van der Waals surface area contributed by atoms with Crippen LogP contribution in [0.4, 0.5) is 17.3 Å². The number of nitro groups is 1. The van der Waals surface area contributed by atoms with Gasteiger partial charge in [0.1, 0.15) is 5.82 Å². The van der Waals surface area contributed by atoms with E-state index in [0.29, 0.717) is 6.42 Å². The number of aliphatic hydroxyl groups is 1. The van der Waals surface area contributed by atoms with E-state index in [1.165, 1.54) is 12.1 Å². The number of pyridine rings is 1. The summed E-state index contributed by atoms with van der Waals surface area (Å²) in [6.07, 6.45) is 0.469. The average molecular weight is 268 g/mol. The molecule has 0 aliphatic carbocycles. The molecule has 106 valence electrons. The minimum atomic E-state index is -0.507. The number of aliphatic hydroxyl groups excluding tert-OH is 1. The van der Waals surface area contributed by atoms with Crippen LogP contribution in [0.5, 0.6) is 0 Å². The Morgan fingerprint density at radius 3 is 2.63 bits per heavy atom. The van der Waals surface area contributed by atoms with Crippen LogP contribution in [-0.2, 0) is 0 Å². The van der Waals surface area contributed by atoms with E-state index in [9.17, 15) is 10.1 Å². The van der Waals surface area contributed by atoms with E-state index in [1.807, 2.05) is 20.8 Å². The third-order valence-corrected chi connectivity index (χ3v) is 2.87. The van der Waals surface area contributed by atoms with Gasteiger partial charge in [0.15, 0.2) is 0 Å². The lowest BCUT2D eigenvalue weighted by Crippen LogP contribution is -2.35. The molecule has 0 amide bonds. The van der Waals surface area contributed by atoms with Crippen molar-refractivity contribution in [2.45, 2.75) is 33.2 Å². The van der Waals surface area contributed by atoms with Crippen LogP contribution in [0.15, 0.2) is 12.1 Å². The SMILES string of the molecule is CC(C)(C)C(CCO)Nc1nc(N)ccc1[N+](=O)[O-]. The fourth-order valence-electron chi connectivity index (χ4n) is 1.74. The highest BCUT2D eigenvalue weighted by Crippen LogP contribution is 2.29. The second-order valence-electron chi connectivity index (χ2n) is 5.44. The van der Waals surface area contributed by atoms with E-state index in [2.05, 4.69) is 10.3 Å². The van der Waals surface area contributed by atoms with Crippen molar-refractivity contribution in [1.82, 2.24) is 4.98 Å². The zero-order valence-corrected chi connectivity index (χ0v) is 11.4. The van der Waals surface area contributed by atoms with E-state index in [0.717, 1.165) is 0 Å². The average Bonchev–Trinajstić information content (AvgIpc) is 2.26. The molecule has 1 unspecified atom stereocenters. The van der Waals surface area contributed by atoms with Gasteiger partial charge in [-0.2, -0.15) is 0 Å². The Hall–Kier alpha value is -1.89. The molecule has 1 atom stereocenters. The minimum Gasteiger partial charge on any atom is -0.396 e. The summed E-state index contributed by atoms with van der Waals surface area (Å²) in [4.78, 5) is 14.4. The fourth-order valence-corrected chi connectivity index (χ4v) is 1.74. The summed E-state index contributed by atoms with van der Waals surface area (Å²) in [5.41, 5.74) is 5.26. The first-order chi connectivity index (χ1) is 8.75. The van der Waals surface area contributed by atoms with Crippen LogP contribution in [0.25, 0.3) is 0 Å². The molecule has 0 aromatic carbocycles. The second kappa shape index (κ2) is 5.83. The van der Waals surface area contributed by atoms with Crippen LogP contribution in [-0.4, -0.2) is 27.7 Å². The lowest BCUT2D eigenvalue weighted by molar-refractivity contribution is -0.384. The van der Waals surface area contributed by atoms with Gasteiger partial charge in [-0.15, -0.1) is 0 Å². The number of nitrogen functional groups attached to an aromatic ring is 1. The first kappa shape index (κ1) is 15.2. The Kier molecular flexibility index (Phi) is 4.66. The van der Waals surface area contributed by atoms with Crippen LogP contribution < -0.4 is 11.1 Å². The maximum absolute atomic E-state index is 11.0. The molecule has 0 fully saturated rings. The minimum absolute atomic E-state index is 0.00888. The molecule has 0 aliphatic heterocycles. The molecule has 0 saturated carbocycles. The second-order valence-corrected chi connectivity index (χ2v) is 5.44. The van der Waals surface area contributed by atoms with Crippen molar-refractivity contribution < 1.29 is 10.0 Å². The molecule has 0 bridgehead atoms. The van der Waals surface area contributed by atoms with Crippen LogP contribution in [0, 0.1) is 15.5 Å². The number of nitrogens with two attached hydrogens (primary N) is 1. The van der Waals surface area contributed by atoms with E-state index >= 15 is 0 Å². The van der Waals surface area contributed by atoms with Crippen LogP contribution in [0.3, 0.4) is 0 Å². The first-order valence-electron chi connectivity index (χ1n) is 6.04. The highest BCUT2D eigenvalue weighted by atomic mass is 16.6. The molecule has 1 aromatic heterocycles. The molecule has 7 nitrogen and oxygen atoms in total. The van der Waals surface area contributed by atoms with Gasteiger partial charge in [-0.1, -0.05) is 20.8 Å². The van der Waals surface area contributed by atoms with Crippen LogP contribution in [0.1, 0.15) is 27.2 Å². The summed E-state index contributed by atoms with van der Waals surface area (Å²) in [6, 6.07) is 2.57. The van der Waals surface area contributed by atoms with Gasteiger partial charge in [-0.25, -0.2) is 4.98 Å². The summed E-state index contributed by atoms with van der Waals surface area (Å²) >= 11 is 0. The molecular weight excluding hydrogens is 248 g/mol. The summed E-state index contributed by atoms with van der Waals surface area (Å²) in [5, 5.41) is 23.1. The summed E-state index contributed by atoms with van der Waals surface area (Å²) < 4.78 is 0. The highest BCUT2D eigenvalue weighted by molar-refractivity contribution is 5.59. The van der Waals surface area contributed by atoms with Crippen molar-refractivity contribution in [2.24, 2.45) is 5.41 Å². The number of rotatable bonds is 5. The van der Waals surface area contributed by atoms with Gasteiger partial charge < -0.3 is 16.2 Å². The molecule has 7 heteroatoms. The van der Waals surface area contributed by atoms with Crippen LogP contribution in [0.2, 0.25) is 0 Å². The highest BCUT2D eigenvalue weighted by Gasteiger charge is 2.27. The number of aromatic nitrogens is 1. The maximum atomic E-state index is 11.0. The van der Waals surface area contributed by atoms with Gasteiger partial charge >= 0.3 is 5.69 Å². The molecule has 19 heavy (non-hydrogen) atoms. The largest absolute Gasteiger partial charge is 0.396 e. The number of anilines is 2. The van der Waals surface area contributed by atoms with Gasteiger partial charge in [-0.3, -0.25) is 10.1 Å². The van der Waals surface area contributed by atoms with E-state index < -0.39 is 4.92 Å². The predicted octanol–water partition coefficient (Wildman–Crippen LogP) is 1.78. The maximum Gasteiger partial charge on any atom is 0.311 e. The molecule has 0 aliphatic rings. The Morgan fingerprint density at radius 1 is 1.53 bits per heavy atom. The molecule has 0 saturated heterocycles. The Bertz CT molecular complexity index is 457. The Labute approximate surface area is 112 Å². The number of nitrogens with zero attached hydrogens (tertiary/aromatic N) is 2. The topological polar surface area (TPSA) is 114 Å². The zero-order valence-electron chi connectivity index (χ0n) is 11.4. The number of hydrogen-bond acceptors (Lipinski definition) is 6. The van der Waals surface area contributed by atoms with Crippen molar-refractivity contribution in [3.8, 4) is 0 Å². The standard InChI is InChI=1S/C12H20N4O3/c1-12(2,3)9(6-7-17)14-11-8(16(18)19)4-5-10(13)15-11/h4-5,9,17H,6-7H2,1-3H3,(H3,13,14,15). The summed E-state index contributed by atoms with van der Waals surface area (Å²) in [7, 11) is 0. The summed E-state index contributed by atoms with van der Waals surface area (Å²) in [5.74, 6) is 0.350. The molecule has 4 N–H and O–H groups in total. The predicted molar refractivity (Wildman–Crippen MR) is 73.9 cm³/mol. The van der Waals surface area contributed by atoms with E-state index in [-0.39, 0.29) is 35.4 Å². The monoisotopic (exact) mass is 268 g/mol. The van der Waals surface area contributed by atoms with E-state index in [4.69, 9.17) is 10.8 Å². The van der Waals surface area contributed by atoms with Crippen molar-refractivity contribution in [3.05, 3.63) is 22.2 Å². The first-order valence-corrected chi connectivity index (χ1v) is 6.04. The van der Waals surface area contributed by atoms with Gasteiger partial charge in [0, 0.05) is 18.7 Å². The molecule has 0 radical (unpaired) electrons. The van der Waals surface area contributed by atoms with Crippen LogP contribution >= 0.6 is 0 Å². The fraction of sp³-hybridized carbons (Fsp3) is 0.583. The smallest absolute Gasteiger partial charge is 0.311 e. The number of hydrogen-bond donors (Lipinski definition) is 3. The normalized spacial score (nSPS) is 13.1. The zero-order chi connectivity index (χ0) is 14.6. The summed E-state index contributed by atoms with van der Waals surface area (Å²) in [6.45, 7) is 5.94. The lowest BCUT2D eigenvalue weighted by atomic mass is 9.85. The van der Waals surface area contributed by atoms with Crippen molar-refractivity contribution in [1.29, 1.82) is 0 Å². The van der Waals surface area contributed by atoms with Crippen molar-refractivity contribution in [2.75, 3.05) is 17.7 Å². The Morgan fingerprint density at radius 2 is 2.16 bits per heavy atom. The molecule has 1 rings (SSSR count). The van der Waals surface area contributed by atoms with Crippen molar-refractivity contribution in [3.63, 3.8) is 0 Å². The van der Waals surface area contributed by atoms with E-state index in [1.54, 1.807) is 0 Å². The van der Waals surface area contributed by atoms with Gasteiger partial charge in [-0.05, 0) is 17.9 Å². The van der Waals surface area contributed by atoms with Crippen molar-refractivity contribution >= 4 is 17.3 Å². The molecule has 0 spiro atoms. The molecular formula is C12H20N4O3. The molecule has 1 heterocycles. The lowest BCUT2D eigenvalue weighted by Gasteiger charge is -2.31. The van der Waals surface area contributed by atoms with Gasteiger partial charge in [0.2, 0.25) is 5.82 Å². The third-order valence-electron chi connectivity index (χ3n) is 2.87. The third kappa shape index (κ3) is 4.06. The quantitative estimate of drug-likeness (QED) is 0.554. The number of nitrogens with one attached hydrogen (secondary N) is 1.